The van der Waals surface area contributed by atoms with E-state index in [0.29, 0.717) is 28.3 Å². The molecule has 2 N–H and O–H groups in total. The van der Waals surface area contributed by atoms with E-state index < -0.39 is 0 Å². The predicted octanol–water partition coefficient (Wildman–Crippen LogP) is 4.83. The Morgan fingerprint density at radius 1 is 0.900 bits per heavy atom. The molecule has 0 unspecified atom stereocenters. The van der Waals surface area contributed by atoms with Crippen LogP contribution >= 0.6 is 11.3 Å². The number of nitrogens with one attached hydrogen (secondary N) is 2. The molecule has 0 saturated carbocycles. The second-order valence-corrected chi connectivity index (χ2v) is 7.71. The van der Waals surface area contributed by atoms with Crippen molar-refractivity contribution in [3.8, 4) is 33.1 Å². The van der Waals surface area contributed by atoms with Crippen LogP contribution in [0.1, 0.15) is 0 Å². The third kappa shape index (κ3) is 2.67. The molecule has 0 atom stereocenters. The van der Waals surface area contributed by atoms with Crippen molar-refractivity contribution >= 4 is 33.5 Å². The van der Waals surface area contributed by atoms with Crippen LogP contribution in [0, 0.1) is 5.13 Å². The number of aromatic amines is 2. The molecule has 0 amide bonds. The summed E-state index contributed by atoms with van der Waals surface area (Å²) in [5, 5.41) is 7.98. The van der Waals surface area contributed by atoms with Gasteiger partial charge in [-0.1, -0.05) is 0 Å². The Labute approximate surface area is 172 Å². The lowest BCUT2D eigenvalue weighted by molar-refractivity contribution is 0.657. The standard InChI is InChI=1S/C21H12FN7S/c22-16-2-1-15(30-16)13-5-8-24-20-17(13)26-21(27-20)18-14-9-12(10-25-19(14)29-28-18)11-3-6-23-7-4-11/h1-10H,(H,24,26,27)(H,25,28,29). The molecule has 30 heavy (non-hydrogen) atoms. The van der Waals surface area contributed by atoms with E-state index in [2.05, 4.69) is 30.1 Å². The molecule has 0 saturated heterocycles. The van der Waals surface area contributed by atoms with Gasteiger partial charge < -0.3 is 4.98 Å². The van der Waals surface area contributed by atoms with Crippen molar-refractivity contribution in [1.29, 1.82) is 0 Å². The molecule has 0 aromatic carbocycles. The number of nitrogens with zero attached hydrogens (tertiary/aromatic N) is 5. The normalized spacial score (nSPS) is 11.5. The molecule has 6 heterocycles. The number of thiophene rings is 1. The summed E-state index contributed by atoms with van der Waals surface area (Å²) in [5.41, 5.74) is 5.39. The fraction of sp³-hybridized carbons (Fsp3) is 0. The largest absolute Gasteiger partial charge is 0.321 e. The van der Waals surface area contributed by atoms with E-state index in [0.717, 1.165) is 38.3 Å². The molecular formula is C21H12FN7S. The molecule has 6 rings (SSSR count). The van der Waals surface area contributed by atoms with Gasteiger partial charge in [0.2, 0.25) is 0 Å². The fourth-order valence-corrected chi connectivity index (χ4v) is 4.22. The van der Waals surface area contributed by atoms with Gasteiger partial charge in [-0.3, -0.25) is 10.1 Å². The van der Waals surface area contributed by atoms with Crippen LogP contribution in [0.4, 0.5) is 4.39 Å². The summed E-state index contributed by atoms with van der Waals surface area (Å²) in [4.78, 5) is 21.7. The number of pyridine rings is 3. The van der Waals surface area contributed by atoms with Crippen molar-refractivity contribution in [2.24, 2.45) is 0 Å². The molecular weight excluding hydrogens is 401 g/mol. The first-order chi connectivity index (χ1) is 14.8. The van der Waals surface area contributed by atoms with E-state index in [9.17, 15) is 4.39 Å². The van der Waals surface area contributed by atoms with Crippen molar-refractivity contribution in [2.45, 2.75) is 0 Å². The smallest absolute Gasteiger partial charge is 0.176 e. The lowest BCUT2D eigenvalue weighted by atomic mass is 10.1. The van der Waals surface area contributed by atoms with Crippen LogP contribution < -0.4 is 0 Å². The third-order valence-corrected chi connectivity index (χ3v) is 5.78. The molecule has 0 aliphatic rings. The molecule has 0 aliphatic heterocycles. The second-order valence-electron chi connectivity index (χ2n) is 6.67. The van der Waals surface area contributed by atoms with Crippen LogP contribution in [0.15, 0.2) is 61.2 Å². The summed E-state index contributed by atoms with van der Waals surface area (Å²) in [6.45, 7) is 0. The van der Waals surface area contributed by atoms with Crippen LogP contribution in [0.5, 0.6) is 0 Å². The van der Waals surface area contributed by atoms with Gasteiger partial charge in [-0.15, -0.1) is 11.3 Å². The van der Waals surface area contributed by atoms with Crippen molar-refractivity contribution in [2.75, 3.05) is 0 Å². The third-order valence-electron chi connectivity index (χ3n) is 4.88. The highest BCUT2D eigenvalue weighted by atomic mass is 32.1. The molecule has 0 fully saturated rings. The Balaban J connectivity index is 1.52. The van der Waals surface area contributed by atoms with E-state index >= 15 is 0 Å². The molecule has 6 aromatic rings. The maximum absolute atomic E-state index is 13.5. The van der Waals surface area contributed by atoms with Crippen molar-refractivity contribution in [3.63, 3.8) is 0 Å². The summed E-state index contributed by atoms with van der Waals surface area (Å²) in [6, 6.07) is 10.9. The van der Waals surface area contributed by atoms with Crippen molar-refractivity contribution in [1.82, 2.24) is 35.1 Å². The average Bonchev–Trinajstić information content (AvgIpc) is 3.51. The molecule has 0 bridgehead atoms. The lowest BCUT2D eigenvalue weighted by Gasteiger charge is -2.00. The number of halogens is 1. The Morgan fingerprint density at radius 2 is 1.80 bits per heavy atom. The number of H-pyrrole nitrogens is 2. The van der Waals surface area contributed by atoms with Gasteiger partial charge in [-0.05, 0) is 42.0 Å². The van der Waals surface area contributed by atoms with Crippen LogP contribution in [0.25, 0.3) is 55.3 Å². The number of hydrogen-bond donors (Lipinski definition) is 2. The Hall–Kier alpha value is -3.98. The van der Waals surface area contributed by atoms with Crippen LogP contribution in [-0.2, 0) is 0 Å². The zero-order valence-electron chi connectivity index (χ0n) is 15.3. The summed E-state index contributed by atoms with van der Waals surface area (Å²) >= 11 is 1.08. The summed E-state index contributed by atoms with van der Waals surface area (Å²) < 4.78 is 13.5. The highest BCUT2D eigenvalue weighted by Crippen LogP contribution is 2.34. The molecule has 7 nitrogen and oxygen atoms in total. The molecule has 0 spiro atoms. The van der Waals surface area contributed by atoms with Gasteiger partial charge in [0.15, 0.2) is 22.2 Å². The monoisotopic (exact) mass is 413 g/mol. The molecule has 6 aromatic heterocycles. The van der Waals surface area contributed by atoms with Gasteiger partial charge in [0.1, 0.15) is 11.2 Å². The Bertz CT molecular complexity index is 1520. The van der Waals surface area contributed by atoms with Gasteiger partial charge in [-0.2, -0.15) is 9.49 Å². The molecule has 0 radical (unpaired) electrons. The van der Waals surface area contributed by atoms with Crippen LogP contribution in [0.3, 0.4) is 0 Å². The molecule has 9 heteroatoms. The minimum atomic E-state index is -0.237. The van der Waals surface area contributed by atoms with Gasteiger partial charge >= 0.3 is 0 Å². The highest BCUT2D eigenvalue weighted by Gasteiger charge is 2.17. The second kappa shape index (κ2) is 6.53. The average molecular weight is 413 g/mol. The van der Waals surface area contributed by atoms with E-state index in [1.54, 1.807) is 30.9 Å². The predicted molar refractivity (Wildman–Crippen MR) is 113 cm³/mol. The first kappa shape index (κ1) is 16.9. The van der Waals surface area contributed by atoms with Crippen LogP contribution in [-0.4, -0.2) is 35.1 Å². The lowest BCUT2D eigenvalue weighted by Crippen LogP contribution is -1.84. The van der Waals surface area contributed by atoms with E-state index in [1.165, 1.54) is 6.07 Å². The topological polar surface area (TPSA) is 96.0 Å². The number of aromatic nitrogens is 7. The number of rotatable bonds is 3. The van der Waals surface area contributed by atoms with Gasteiger partial charge in [0, 0.05) is 40.8 Å². The fourth-order valence-electron chi connectivity index (χ4n) is 3.47. The van der Waals surface area contributed by atoms with Crippen LogP contribution in [0.2, 0.25) is 0 Å². The quantitative estimate of drug-likeness (QED) is 0.433. The van der Waals surface area contributed by atoms with Crippen molar-refractivity contribution in [3.05, 3.63) is 66.3 Å². The zero-order valence-corrected chi connectivity index (χ0v) is 16.1. The van der Waals surface area contributed by atoms with E-state index in [1.807, 2.05) is 24.3 Å². The summed E-state index contributed by atoms with van der Waals surface area (Å²) in [7, 11) is 0. The first-order valence-corrected chi connectivity index (χ1v) is 9.93. The number of fused-ring (bicyclic) bond motifs is 2. The van der Waals surface area contributed by atoms with Crippen molar-refractivity contribution < 1.29 is 4.39 Å². The SMILES string of the molecule is Fc1ccc(-c2ccnc3[nH]c(-c4n[nH]c5ncc(-c6ccncc6)cc45)nc23)s1. The Morgan fingerprint density at radius 3 is 2.63 bits per heavy atom. The minimum Gasteiger partial charge on any atom is -0.321 e. The van der Waals surface area contributed by atoms with E-state index in [-0.39, 0.29) is 5.13 Å². The summed E-state index contributed by atoms with van der Waals surface area (Å²) in [6.07, 6.45) is 6.97. The Kier molecular flexibility index (Phi) is 3.68. The minimum absolute atomic E-state index is 0.237. The van der Waals surface area contributed by atoms with Gasteiger partial charge in [0.05, 0.1) is 5.39 Å². The highest BCUT2D eigenvalue weighted by molar-refractivity contribution is 7.14. The number of hydrogen-bond acceptors (Lipinski definition) is 6. The summed E-state index contributed by atoms with van der Waals surface area (Å²) in [5.74, 6) is 0.571. The maximum atomic E-state index is 13.5. The molecule has 144 valence electrons. The maximum Gasteiger partial charge on any atom is 0.176 e. The zero-order chi connectivity index (χ0) is 20.1. The van der Waals surface area contributed by atoms with E-state index in [4.69, 9.17) is 4.98 Å². The van der Waals surface area contributed by atoms with Gasteiger partial charge in [0.25, 0.3) is 0 Å². The van der Waals surface area contributed by atoms with Gasteiger partial charge in [-0.25, -0.2) is 15.0 Å². The first-order valence-electron chi connectivity index (χ1n) is 9.11. The number of imidazole rings is 1. The molecule has 0 aliphatic carbocycles.